The van der Waals surface area contributed by atoms with Crippen molar-refractivity contribution in [2.75, 3.05) is 0 Å². The molecule has 0 spiro atoms. The van der Waals surface area contributed by atoms with Gasteiger partial charge in [-0.3, -0.25) is 9.78 Å². The van der Waals surface area contributed by atoms with E-state index in [9.17, 15) is 9.59 Å². The van der Waals surface area contributed by atoms with Crippen LogP contribution in [0.2, 0.25) is 0 Å². The molecule has 0 aliphatic carbocycles. The van der Waals surface area contributed by atoms with Crippen LogP contribution in [0.15, 0.2) is 19.2 Å². The first-order chi connectivity index (χ1) is 10.4. The molecule has 2 aromatic heterocycles. The van der Waals surface area contributed by atoms with E-state index in [1.165, 1.54) is 11.8 Å². The maximum atomic E-state index is 11.8. The van der Waals surface area contributed by atoms with E-state index >= 15 is 0 Å². The lowest BCUT2D eigenvalue weighted by Crippen LogP contribution is -2.54. The Hall–Kier alpha value is -1.87. The minimum absolute atomic E-state index is 0.0416. The first kappa shape index (κ1) is 16.5. The molecule has 2 rings (SSSR count). The molecule has 0 saturated heterocycles. The normalized spacial score (nSPS) is 12.8. The van der Waals surface area contributed by atoms with E-state index in [0.717, 1.165) is 6.42 Å². The minimum Gasteiger partial charge on any atom is -0.410 e. The SMILES string of the molecule is Cc1[nH]c(=O)[nH]c(=O)c1CSc1nnc([C@@H]([NH3+])CC(C)C)o1. The summed E-state index contributed by atoms with van der Waals surface area (Å²) in [7, 11) is 0. The van der Waals surface area contributed by atoms with Crippen molar-refractivity contribution in [3.8, 4) is 0 Å². The Morgan fingerprint density at radius 1 is 1.27 bits per heavy atom. The van der Waals surface area contributed by atoms with Crippen molar-refractivity contribution in [3.05, 3.63) is 38.0 Å². The third kappa shape index (κ3) is 4.08. The third-order valence-corrected chi connectivity index (χ3v) is 3.97. The Bertz CT molecular complexity index is 749. The van der Waals surface area contributed by atoms with Gasteiger partial charge >= 0.3 is 5.69 Å². The lowest BCUT2D eigenvalue weighted by molar-refractivity contribution is -0.435. The predicted molar refractivity (Wildman–Crippen MR) is 81.4 cm³/mol. The number of quaternary nitrogens is 1. The zero-order valence-electron chi connectivity index (χ0n) is 12.8. The van der Waals surface area contributed by atoms with Gasteiger partial charge in [0, 0.05) is 23.4 Å². The number of H-pyrrole nitrogens is 2. The molecule has 22 heavy (non-hydrogen) atoms. The molecule has 0 bridgehead atoms. The molecule has 5 N–H and O–H groups in total. The van der Waals surface area contributed by atoms with Crippen LogP contribution in [0, 0.1) is 12.8 Å². The Balaban J connectivity index is 2.06. The molecule has 0 unspecified atom stereocenters. The van der Waals surface area contributed by atoms with Gasteiger partial charge in [-0.05, 0) is 12.8 Å². The van der Waals surface area contributed by atoms with Crippen molar-refractivity contribution >= 4 is 11.8 Å². The number of aromatic amines is 2. The van der Waals surface area contributed by atoms with E-state index in [2.05, 4.69) is 39.7 Å². The zero-order valence-corrected chi connectivity index (χ0v) is 13.6. The topological polar surface area (TPSA) is 132 Å². The molecule has 2 heterocycles. The van der Waals surface area contributed by atoms with Crippen LogP contribution in [0.3, 0.4) is 0 Å². The first-order valence-electron chi connectivity index (χ1n) is 6.98. The van der Waals surface area contributed by atoms with E-state index in [-0.39, 0.29) is 6.04 Å². The fourth-order valence-corrected chi connectivity index (χ4v) is 2.91. The monoisotopic (exact) mass is 326 g/mol. The second-order valence-electron chi connectivity index (χ2n) is 5.53. The van der Waals surface area contributed by atoms with E-state index in [4.69, 9.17) is 4.42 Å². The molecule has 0 aromatic carbocycles. The average molecular weight is 326 g/mol. The standard InChI is InChI=1S/C13H19N5O3S/c1-6(2)4-9(14)11-17-18-13(21-11)22-5-8-7(3)15-12(20)16-10(8)19/h6,9H,4-5,14H2,1-3H3,(H2,15,16,19,20)/p+1/t9-/m0/s1. The molecule has 0 fully saturated rings. The van der Waals surface area contributed by atoms with Gasteiger partial charge < -0.3 is 15.1 Å². The second-order valence-corrected chi connectivity index (χ2v) is 6.46. The molecule has 0 saturated carbocycles. The first-order valence-corrected chi connectivity index (χ1v) is 7.96. The summed E-state index contributed by atoms with van der Waals surface area (Å²) in [6, 6.07) is -0.0416. The lowest BCUT2D eigenvalue weighted by Gasteiger charge is -2.05. The van der Waals surface area contributed by atoms with Crippen LogP contribution in [0.25, 0.3) is 0 Å². The maximum Gasteiger partial charge on any atom is 0.325 e. The number of aryl methyl sites for hydroxylation is 1. The van der Waals surface area contributed by atoms with Crippen LogP contribution < -0.4 is 17.0 Å². The molecular weight excluding hydrogens is 306 g/mol. The van der Waals surface area contributed by atoms with E-state index in [0.29, 0.717) is 34.0 Å². The molecule has 0 radical (unpaired) electrons. The third-order valence-electron chi connectivity index (χ3n) is 3.12. The van der Waals surface area contributed by atoms with Gasteiger partial charge in [-0.15, -0.1) is 10.2 Å². The van der Waals surface area contributed by atoms with E-state index in [1.54, 1.807) is 6.92 Å². The van der Waals surface area contributed by atoms with E-state index < -0.39 is 11.2 Å². The summed E-state index contributed by atoms with van der Waals surface area (Å²) in [5.41, 5.74) is 4.13. The number of hydrogen-bond donors (Lipinski definition) is 3. The lowest BCUT2D eigenvalue weighted by atomic mass is 10.1. The van der Waals surface area contributed by atoms with Crippen molar-refractivity contribution in [3.63, 3.8) is 0 Å². The van der Waals surface area contributed by atoms with Crippen molar-refractivity contribution in [1.82, 2.24) is 20.2 Å². The number of nitrogens with one attached hydrogen (secondary N) is 2. The molecule has 2 aromatic rings. The Morgan fingerprint density at radius 3 is 2.64 bits per heavy atom. The van der Waals surface area contributed by atoms with Crippen molar-refractivity contribution in [2.45, 2.75) is 44.2 Å². The summed E-state index contributed by atoms with van der Waals surface area (Å²) in [4.78, 5) is 27.7. The summed E-state index contributed by atoms with van der Waals surface area (Å²) >= 11 is 1.25. The quantitative estimate of drug-likeness (QED) is 0.657. The molecule has 8 nitrogen and oxygen atoms in total. The molecule has 0 aliphatic heterocycles. The van der Waals surface area contributed by atoms with Crippen LogP contribution in [-0.4, -0.2) is 20.2 Å². The van der Waals surface area contributed by atoms with Gasteiger partial charge in [-0.25, -0.2) is 4.79 Å². The highest BCUT2D eigenvalue weighted by molar-refractivity contribution is 7.98. The van der Waals surface area contributed by atoms with Gasteiger partial charge in [0.25, 0.3) is 16.7 Å². The maximum absolute atomic E-state index is 11.8. The van der Waals surface area contributed by atoms with Gasteiger partial charge in [-0.2, -0.15) is 0 Å². The highest BCUT2D eigenvalue weighted by Crippen LogP contribution is 2.23. The number of hydrogen-bond acceptors (Lipinski definition) is 6. The Morgan fingerprint density at radius 2 is 2.00 bits per heavy atom. The van der Waals surface area contributed by atoms with Gasteiger partial charge in [0.1, 0.15) is 0 Å². The molecule has 0 amide bonds. The molecule has 1 atom stereocenters. The fraction of sp³-hybridized carbons (Fsp3) is 0.538. The molecular formula is C13H20N5O3S+. The van der Waals surface area contributed by atoms with Crippen LogP contribution in [-0.2, 0) is 5.75 Å². The van der Waals surface area contributed by atoms with Gasteiger partial charge in [-0.1, -0.05) is 25.6 Å². The molecule has 9 heteroatoms. The second kappa shape index (κ2) is 6.93. The molecule has 120 valence electrons. The predicted octanol–water partition coefficient (Wildman–Crippen LogP) is 0.376. The number of thioether (sulfide) groups is 1. The number of aromatic nitrogens is 4. The van der Waals surface area contributed by atoms with Crippen molar-refractivity contribution in [1.29, 1.82) is 0 Å². The summed E-state index contributed by atoms with van der Waals surface area (Å²) in [6.07, 6.45) is 0.866. The van der Waals surface area contributed by atoms with Crippen LogP contribution >= 0.6 is 11.8 Å². The summed E-state index contributed by atoms with van der Waals surface area (Å²) in [6.45, 7) is 5.89. The zero-order chi connectivity index (χ0) is 16.3. The summed E-state index contributed by atoms with van der Waals surface area (Å²) < 4.78 is 5.57. The van der Waals surface area contributed by atoms with E-state index in [1.807, 2.05) is 0 Å². The van der Waals surface area contributed by atoms with Gasteiger partial charge in [0.2, 0.25) is 0 Å². The smallest absolute Gasteiger partial charge is 0.325 e. The van der Waals surface area contributed by atoms with Crippen molar-refractivity contribution in [2.24, 2.45) is 5.92 Å². The minimum atomic E-state index is -0.509. The highest BCUT2D eigenvalue weighted by atomic mass is 32.2. The van der Waals surface area contributed by atoms with Crippen LogP contribution in [0.1, 0.15) is 43.5 Å². The number of nitrogens with zero attached hydrogens (tertiary/aromatic N) is 2. The highest BCUT2D eigenvalue weighted by Gasteiger charge is 2.19. The van der Waals surface area contributed by atoms with Gasteiger partial charge in [0.15, 0.2) is 6.04 Å². The largest absolute Gasteiger partial charge is 0.410 e. The summed E-state index contributed by atoms with van der Waals surface area (Å²) in [5.74, 6) is 1.34. The van der Waals surface area contributed by atoms with Crippen molar-refractivity contribution < 1.29 is 10.2 Å². The summed E-state index contributed by atoms with van der Waals surface area (Å²) in [5, 5.41) is 8.34. The fourth-order valence-electron chi connectivity index (χ4n) is 2.05. The number of rotatable bonds is 6. The van der Waals surface area contributed by atoms with Crippen LogP contribution in [0.5, 0.6) is 0 Å². The molecule has 0 aliphatic rings. The van der Waals surface area contributed by atoms with Crippen LogP contribution in [0.4, 0.5) is 0 Å². The van der Waals surface area contributed by atoms with Gasteiger partial charge in [0.05, 0.1) is 0 Å². The Kier molecular flexibility index (Phi) is 5.19. The average Bonchev–Trinajstić information content (AvgIpc) is 2.85. The Labute approximate surface area is 130 Å².